The summed E-state index contributed by atoms with van der Waals surface area (Å²) in [5.41, 5.74) is 8.80. The molecule has 190 valence electrons. The van der Waals surface area contributed by atoms with Gasteiger partial charge in [0.2, 0.25) is 0 Å². The van der Waals surface area contributed by atoms with Gasteiger partial charge in [0.25, 0.3) is 0 Å². The molecular formula is C30H36N2O3S. The molecule has 0 amide bonds. The first-order chi connectivity index (χ1) is 17.5. The van der Waals surface area contributed by atoms with Crippen LogP contribution in [0.2, 0.25) is 0 Å². The van der Waals surface area contributed by atoms with Crippen LogP contribution in [0.1, 0.15) is 63.6 Å². The Labute approximate surface area is 219 Å². The van der Waals surface area contributed by atoms with Crippen molar-refractivity contribution in [2.45, 2.75) is 65.9 Å². The standard InChI is InChI=1S/C24H23NOS.C6H13NO2/c1-4-7-18-14-19(12-13-22(18)26-16(2)3)24-25-15-23(27-24)21-11-6-9-17-8-5-10-20(17)21;1-3-4-6(8)5-9-7-2/h6,9,11-16H,5,8,10H2,1-3H3;7H,3-5H2,1-2H3. The fourth-order valence-electron chi connectivity index (χ4n) is 4.14. The molecule has 0 radical (unpaired) electrons. The van der Waals surface area contributed by atoms with E-state index in [-0.39, 0.29) is 18.5 Å². The van der Waals surface area contributed by atoms with E-state index in [1.165, 1.54) is 40.8 Å². The molecule has 5 nitrogen and oxygen atoms in total. The average Bonchev–Trinajstić information content (AvgIpc) is 3.54. The number of aromatic nitrogens is 1. The van der Waals surface area contributed by atoms with Crippen molar-refractivity contribution in [2.75, 3.05) is 13.7 Å². The number of nitrogens with zero attached hydrogens (tertiary/aromatic N) is 1. The second kappa shape index (κ2) is 13.9. The maximum Gasteiger partial charge on any atom is 0.160 e. The first kappa shape index (κ1) is 27.6. The zero-order valence-electron chi connectivity index (χ0n) is 21.9. The van der Waals surface area contributed by atoms with E-state index >= 15 is 0 Å². The lowest BCUT2D eigenvalue weighted by Crippen LogP contribution is -2.15. The number of hydroxylamine groups is 1. The van der Waals surface area contributed by atoms with E-state index in [1.807, 2.05) is 40.0 Å². The molecule has 0 saturated carbocycles. The van der Waals surface area contributed by atoms with Crippen LogP contribution in [0.25, 0.3) is 21.0 Å². The molecule has 0 saturated heterocycles. The van der Waals surface area contributed by atoms with E-state index in [4.69, 9.17) is 9.72 Å². The zero-order chi connectivity index (χ0) is 25.9. The molecule has 4 rings (SSSR count). The summed E-state index contributed by atoms with van der Waals surface area (Å²) in [4.78, 5) is 21.2. The SMILES string of the molecule is CC#Cc1cc(-c2ncc(-c3cccc4c3CCC4)s2)ccc1OC(C)C.CCCC(=O)CONC. The maximum absolute atomic E-state index is 10.6. The van der Waals surface area contributed by atoms with Gasteiger partial charge >= 0.3 is 0 Å². The van der Waals surface area contributed by atoms with Gasteiger partial charge in [0.05, 0.1) is 16.5 Å². The minimum atomic E-state index is 0.125. The van der Waals surface area contributed by atoms with Crippen LogP contribution in [0.3, 0.4) is 0 Å². The molecule has 1 aliphatic carbocycles. The van der Waals surface area contributed by atoms with Crippen molar-refractivity contribution in [3.05, 3.63) is 59.3 Å². The van der Waals surface area contributed by atoms with Gasteiger partial charge in [-0.15, -0.1) is 17.3 Å². The highest BCUT2D eigenvalue weighted by Gasteiger charge is 2.17. The highest BCUT2D eigenvalue weighted by Crippen LogP contribution is 2.38. The van der Waals surface area contributed by atoms with Gasteiger partial charge in [-0.25, -0.2) is 10.5 Å². The third kappa shape index (κ3) is 7.51. The Kier molecular flexibility index (Phi) is 10.7. The van der Waals surface area contributed by atoms with E-state index in [2.05, 4.69) is 52.5 Å². The lowest BCUT2D eigenvalue weighted by Gasteiger charge is -2.12. The molecule has 3 aromatic rings. The number of rotatable bonds is 9. The highest BCUT2D eigenvalue weighted by atomic mass is 32.1. The molecule has 1 aromatic heterocycles. The summed E-state index contributed by atoms with van der Waals surface area (Å²) < 4.78 is 5.89. The Morgan fingerprint density at radius 3 is 2.78 bits per heavy atom. The number of ether oxygens (including phenoxy) is 1. The van der Waals surface area contributed by atoms with Crippen molar-refractivity contribution in [2.24, 2.45) is 0 Å². The second-order valence-corrected chi connectivity index (χ2v) is 9.89. The normalized spacial score (nSPS) is 11.8. The molecule has 0 spiro atoms. The third-order valence-electron chi connectivity index (χ3n) is 5.67. The monoisotopic (exact) mass is 504 g/mol. The first-order valence-electron chi connectivity index (χ1n) is 12.6. The van der Waals surface area contributed by atoms with Crippen LogP contribution in [0.5, 0.6) is 5.75 Å². The fraction of sp³-hybridized carbons (Fsp3) is 0.400. The number of nitrogens with one attached hydrogen (secondary N) is 1. The number of carbonyl (C=O) groups is 1. The van der Waals surface area contributed by atoms with Crippen LogP contribution in [0.4, 0.5) is 0 Å². The number of hydrogen-bond donors (Lipinski definition) is 1. The van der Waals surface area contributed by atoms with Gasteiger partial charge < -0.3 is 4.74 Å². The number of benzene rings is 2. The number of ketones is 1. The van der Waals surface area contributed by atoms with Gasteiger partial charge in [-0.2, -0.15) is 0 Å². The van der Waals surface area contributed by atoms with E-state index < -0.39 is 0 Å². The van der Waals surface area contributed by atoms with Gasteiger partial charge in [0.1, 0.15) is 17.4 Å². The summed E-state index contributed by atoms with van der Waals surface area (Å²) in [7, 11) is 1.64. The van der Waals surface area contributed by atoms with Crippen LogP contribution in [-0.2, 0) is 22.5 Å². The molecule has 1 N–H and O–H groups in total. The van der Waals surface area contributed by atoms with Gasteiger partial charge in [0, 0.05) is 25.2 Å². The van der Waals surface area contributed by atoms with Crippen LogP contribution in [0, 0.1) is 11.8 Å². The van der Waals surface area contributed by atoms with Crippen LogP contribution in [0.15, 0.2) is 42.6 Å². The fourth-order valence-corrected chi connectivity index (χ4v) is 5.10. The van der Waals surface area contributed by atoms with Crippen molar-refractivity contribution < 1.29 is 14.4 Å². The van der Waals surface area contributed by atoms with Crippen molar-refractivity contribution >= 4 is 17.1 Å². The van der Waals surface area contributed by atoms with Crippen LogP contribution < -0.4 is 10.2 Å². The predicted molar refractivity (Wildman–Crippen MR) is 148 cm³/mol. The molecule has 2 aromatic carbocycles. The Bertz CT molecular complexity index is 1220. The quantitative estimate of drug-likeness (QED) is 0.262. The summed E-state index contributed by atoms with van der Waals surface area (Å²) in [6.45, 7) is 8.07. The molecule has 0 unspecified atom stereocenters. The maximum atomic E-state index is 10.6. The summed E-state index contributed by atoms with van der Waals surface area (Å²) in [5, 5.41) is 1.02. The molecular weight excluding hydrogens is 468 g/mol. The molecule has 0 bridgehead atoms. The van der Waals surface area contributed by atoms with E-state index in [1.54, 1.807) is 18.4 Å². The first-order valence-corrected chi connectivity index (χ1v) is 13.4. The van der Waals surface area contributed by atoms with E-state index in [9.17, 15) is 4.79 Å². The second-order valence-electron chi connectivity index (χ2n) is 8.86. The Morgan fingerprint density at radius 2 is 2.06 bits per heavy atom. The third-order valence-corrected chi connectivity index (χ3v) is 6.75. The zero-order valence-corrected chi connectivity index (χ0v) is 22.8. The summed E-state index contributed by atoms with van der Waals surface area (Å²) in [6.07, 6.45) is 7.28. The smallest absolute Gasteiger partial charge is 0.160 e. The number of fused-ring (bicyclic) bond motifs is 1. The van der Waals surface area contributed by atoms with Gasteiger partial charge in [-0.1, -0.05) is 31.0 Å². The molecule has 1 aliphatic rings. The average molecular weight is 505 g/mol. The van der Waals surface area contributed by atoms with Crippen molar-refractivity contribution in [3.8, 4) is 38.6 Å². The molecule has 0 atom stereocenters. The van der Waals surface area contributed by atoms with Gasteiger partial charge in [-0.3, -0.25) is 9.63 Å². The predicted octanol–water partition coefficient (Wildman–Crippen LogP) is 6.63. The lowest BCUT2D eigenvalue weighted by atomic mass is 10.0. The minimum Gasteiger partial charge on any atom is -0.490 e. The Hall–Kier alpha value is -2.98. The molecule has 36 heavy (non-hydrogen) atoms. The summed E-state index contributed by atoms with van der Waals surface area (Å²) >= 11 is 1.75. The summed E-state index contributed by atoms with van der Waals surface area (Å²) in [6, 6.07) is 12.8. The number of hydrogen-bond acceptors (Lipinski definition) is 6. The van der Waals surface area contributed by atoms with Crippen molar-refractivity contribution in [3.63, 3.8) is 0 Å². The lowest BCUT2D eigenvalue weighted by molar-refractivity contribution is -0.125. The van der Waals surface area contributed by atoms with E-state index in [0.29, 0.717) is 6.42 Å². The van der Waals surface area contributed by atoms with Crippen LogP contribution >= 0.6 is 11.3 Å². The molecule has 1 heterocycles. The Balaban J connectivity index is 0.000000345. The molecule has 6 heteroatoms. The van der Waals surface area contributed by atoms with Gasteiger partial charge in [0.15, 0.2) is 5.78 Å². The topological polar surface area (TPSA) is 60.5 Å². The minimum absolute atomic E-state index is 0.125. The highest BCUT2D eigenvalue weighted by molar-refractivity contribution is 7.18. The number of thiazole rings is 1. The Morgan fingerprint density at radius 1 is 1.22 bits per heavy atom. The van der Waals surface area contributed by atoms with E-state index in [0.717, 1.165) is 28.3 Å². The van der Waals surface area contributed by atoms with Gasteiger partial charge in [-0.05, 0) is 81.3 Å². The van der Waals surface area contributed by atoms with Crippen molar-refractivity contribution in [1.82, 2.24) is 10.5 Å². The summed E-state index contributed by atoms with van der Waals surface area (Å²) in [5.74, 6) is 7.13. The van der Waals surface area contributed by atoms with Crippen LogP contribution in [-0.4, -0.2) is 30.5 Å². The molecule has 0 aliphatic heterocycles. The number of carbonyl (C=O) groups excluding carboxylic acids is 1. The van der Waals surface area contributed by atoms with Crippen molar-refractivity contribution in [1.29, 1.82) is 0 Å². The largest absolute Gasteiger partial charge is 0.490 e. The number of Topliss-reactive ketones (excluding diaryl/α,β-unsaturated/α-hetero) is 1. The molecule has 0 fully saturated rings. The number of aryl methyl sites for hydroxylation is 1.